The zero-order chi connectivity index (χ0) is 12.5. The fourth-order valence-electron chi connectivity index (χ4n) is 2.00. The minimum absolute atomic E-state index is 0.197. The maximum Gasteiger partial charge on any atom is 0.183 e. The molecule has 3 heterocycles. The Morgan fingerprint density at radius 1 is 1.44 bits per heavy atom. The Labute approximate surface area is 103 Å². The summed E-state index contributed by atoms with van der Waals surface area (Å²) in [7, 11) is 1.63. The van der Waals surface area contributed by atoms with E-state index < -0.39 is 5.82 Å². The van der Waals surface area contributed by atoms with Gasteiger partial charge in [-0.3, -0.25) is 4.99 Å². The van der Waals surface area contributed by atoms with Crippen LogP contribution in [-0.2, 0) is 0 Å². The van der Waals surface area contributed by atoms with E-state index in [2.05, 4.69) is 31.3 Å². The molecule has 18 heavy (non-hydrogen) atoms. The summed E-state index contributed by atoms with van der Waals surface area (Å²) in [5, 5.41) is 3.70. The lowest BCUT2D eigenvalue weighted by atomic mass is 10.2. The fraction of sp³-hybridized carbons (Fsp3) is 0.250. The van der Waals surface area contributed by atoms with Crippen LogP contribution in [0.25, 0.3) is 17.5 Å². The molecule has 0 saturated heterocycles. The molecule has 2 N–H and O–H groups in total. The van der Waals surface area contributed by atoms with Gasteiger partial charge in [0.15, 0.2) is 17.5 Å². The second-order valence-corrected chi connectivity index (χ2v) is 3.98. The molecule has 0 unspecified atom stereocenters. The summed E-state index contributed by atoms with van der Waals surface area (Å²) in [6.45, 7) is 0.791. The minimum atomic E-state index is -0.459. The normalized spacial score (nSPS) is 13.4. The smallest absolute Gasteiger partial charge is 0.183 e. The van der Waals surface area contributed by atoms with E-state index >= 15 is 0 Å². The highest BCUT2D eigenvalue weighted by atomic mass is 19.1. The Morgan fingerprint density at radius 3 is 3.17 bits per heavy atom. The fourth-order valence-corrected chi connectivity index (χ4v) is 2.00. The summed E-state index contributed by atoms with van der Waals surface area (Å²) < 4.78 is 13.3. The number of hydrogen-bond acceptors (Lipinski definition) is 4. The SMILES string of the molecule is CNc1nc(-c2c[nH]c3c2=CCCN=3)ncc1F. The molecule has 3 rings (SSSR count). The van der Waals surface area contributed by atoms with Gasteiger partial charge in [0.1, 0.15) is 5.49 Å². The minimum Gasteiger partial charge on any atom is -0.371 e. The van der Waals surface area contributed by atoms with Crippen LogP contribution in [0.15, 0.2) is 17.4 Å². The van der Waals surface area contributed by atoms with Gasteiger partial charge >= 0.3 is 0 Å². The molecule has 0 aromatic carbocycles. The average Bonchev–Trinajstić information content (AvgIpc) is 2.83. The largest absolute Gasteiger partial charge is 0.371 e. The van der Waals surface area contributed by atoms with Gasteiger partial charge in [-0.25, -0.2) is 14.4 Å². The standard InChI is InChI=1S/C12H12FN5/c1-14-12-9(13)6-17-11(18-12)8-5-16-10-7(8)3-2-4-15-10/h3,5-6H,2,4H2,1H3,(H,15,16)(H,14,17,18). The molecule has 6 heteroatoms. The summed E-state index contributed by atoms with van der Waals surface area (Å²) in [6.07, 6.45) is 5.98. The van der Waals surface area contributed by atoms with E-state index in [-0.39, 0.29) is 5.82 Å². The lowest BCUT2D eigenvalue weighted by molar-refractivity contribution is 0.619. The zero-order valence-corrected chi connectivity index (χ0v) is 9.87. The van der Waals surface area contributed by atoms with Crippen LogP contribution < -0.4 is 16.0 Å². The molecule has 92 valence electrons. The molecule has 0 bridgehead atoms. The number of H-pyrrole nitrogens is 1. The summed E-state index contributed by atoms with van der Waals surface area (Å²) >= 11 is 0. The molecule has 2 aromatic heterocycles. The maximum atomic E-state index is 13.3. The summed E-state index contributed by atoms with van der Waals surface area (Å²) in [5.74, 6) is 0.230. The predicted octanol–water partition coefficient (Wildman–Crippen LogP) is 0.456. The molecule has 0 amide bonds. The molecule has 5 nitrogen and oxygen atoms in total. The van der Waals surface area contributed by atoms with Crippen LogP contribution >= 0.6 is 0 Å². The first-order valence-corrected chi connectivity index (χ1v) is 5.72. The molecule has 0 radical (unpaired) electrons. The van der Waals surface area contributed by atoms with Gasteiger partial charge in [-0.1, -0.05) is 6.08 Å². The maximum absolute atomic E-state index is 13.3. The molecule has 0 atom stereocenters. The van der Waals surface area contributed by atoms with Gasteiger partial charge in [0.25, 0.3) is 0 Å². The first-order chi connectivity index (χ1) is 8.79. The number of hydrogen-bond donors (Lipinski definition) is 2. The second-order valence-electron chi connectivity index (χ2n) is 3.98. The highest BCUT2D eigenvalue weighted by Crippen LogP contribution is 2.14. The number of rotatable bonds is 2. The lowest BCUT2D eigenvalue weighted by Crippen LogP contribution is -2.27. The van der Waals surface area contributed by atoms with Gasteiger partial charge in [-0.15, -0.1) is 0 Å². The molecule has 2 aromatic rings. The third kappa shape index (κ3) is 1.66. The molecular formula is C12H12FN5. The van der Waals surface area contributed by atoms with Crippen LogP contribution in [0.1, 0.15) is 6.42 Å². The van der Waals surface area contributed by atoms with Crippen molar-refractivity contribution in [1.82, 2.24) is 15.0 Å². The van der Waals surface area contributed by atoms with Crippen molar-refractivity contribution in [2.45, 2.75) is 6.42 Å². The van der Waals surface area contributed by atoms with E-state index in [1.807, 2.05) is 6.20 Å². The Morgan fingerprint density at radius 2 is 2.33 bits per heavy atom. The molecule has 0 fully saturated rings. The average molecular weight is 245 g/mol. The van der Waals surface area contributed by atoms with Crippen molar-refractivity contribution < 1.29 is 4.39 Å². The van der Waals surface area contributed by atoms with Crippen LogP contribution in [0.4, 0.5) is 10.2 Å². The molecule has 1 aliphatic heterocycles. The van der Waals surface area contributed by atoms with Gasteiger partial charge in [0.2, 0.25) is 0 Å². The Balaban J connectivity index is 2.20. The highest BCUT2D eigenvalue weighted by Gasteiger charge is 2.11. The van der Waals surface area contributed by atoms with Gasteiger partial charge in [-0.2, -0.15) is 0 Å². The third-order valence-corrected chi connectivity index (χ3v) is 2.87. The Bertz CT molecular complexity index is 704. The first kappa shape index (κ1) is 10.9. The molecule has 0 aliphatic carbocycles. The van der Waals surface area contributed by atoms with Crippen molar-refractivity contribution in [2.24, 2.45) is 4.99 Å². The third-order valence-electron chi connectivity index (χ3n) is 2.87. The van der Waals surface area contributed by atoms with E-state index in [1.54, 1.807) is 7.05 Å². The van der Waals surface area contributed by atoms with E-state index in [9.17, 15) is 4.39 Å². The Hall–Kier alpha value is -2.24. The van der Waals surface area contributed by atoms with Crippen molar-refractivity contribution in [3.05, 3.63) is 28.9 Å². The van der Waals surface area contributed by atoms with Crippen molar-refractivity contribution in [3.63, 3.8) is 0 Å². The summed E-state index contributed by atoms with van der Waals surface area (Å²) in [4.78, 5) is 15.6. The summed E-state index contributed by atoms with van der Waals surface area (Å²) in [6, 6.07) is 0. The molecular weight excluding hydrogens is 233 g/mol. The quantitative estimate of drug-likeness (QED) is 0.807. The van der Waals surface area contributed by atoms with Crippen LogP contribution in [-0.4, -0.2) is 28.5 Å². The van der Waals surface area contributed by atoms with Gasteiger partial charge in [0.05, 0.1) is 6.20 Å². The lowest BCUT2D eigenvalue weighted by Gasteiger charge is -2.03. The van der Waals surface area contributed by atoms with Crippen LogP contribution in [0.5, 0.6) is 0 Å². The number of aromatic nitrogens is 3. The van der Waals surface area contributed by atoms with Gasteiger partial charge < -0.3 is 10.3 Å². The van der Waals surface area contributed by atoms with Crippen molar-refractivity contribution in [2.75, 3.05) is 18.9 Å². The van der Waals surface area contributed by atoms with Gasteiger partial charge in [0, 0.05) is 30.6 Å². The first-order valence-electron chi connectivity index (χ1n) is 5.72. The molecule has 0 saturated carbocycles. The molecule has 1 aliphatic rings. The van der Waals surface area contributed by atoms with Crippen molar-refractivity contribution >= 4 is 11.9 Å². The second kappa shape index (κ2) is 4.21. The predicted molar refractivity (Wildman–Crippen MR) is 66.1 cm³/mol. The van der Waals surface area contributed by atoms with E-state index in [0.717, 1.165) is 29.2 Å². The van der Waals surface area contributed by atoms with E-state index in [1.165, 1.54) is 6.20 Å². The zero-order valence-electron chi connectivity index (χ0n) is 9.87. The summed E-state index contributed by atoms with van der Waals surface area (Å²) in [5.41, 5.74) is 1.69. The number of halogens is 1. The van der Waals surface area contributed by atoms with Crippen molar-refractivity contribution in [1.29, 1.82) is 0 Å². The number of anilines is 1. The number of nitrogens with zero attached hydrogens (tertiary/aromatic N) is 3. The Kier molecular flexibility index (Phi) is 2.55. The van der Waals surface area contributed by atoms with Gasteiger partial charge in [-0.05, 0) is 6.42 Å². The highest BCUT2D eigenvalue weighted by molar-refractivity contribution is 5.59. The topological polar surface area (TPSA) is 66.0 Å². The van der Waals surface area contributed by atoms with E-state index in [4.69, 9.17) is 0 Å². The van der Waals surface area contributed by atoms with Crippen molar-refractivity contribution in [3.8, 4) is 11.4 Å². The molecule has 0 spiro atoms. The number of nitrogens with one attached hydrogen (secondary N) is 2. The van der Waals surface area contributed by atoms with Crippen LogP contribution in [0.3, 0.4) is 0 Å². The number of fused-ring (bicyclic) bond motifs is 1. The number of aromatic amines is 1. The monoisotopic (exact) mass is 245 g/mol. The van der Waals surface area contributed by atoms with Crippen LogP contribution in [0, 0.1) is 5.82 Å². The van der Waals surface area contributed by atoms with E-state index in [0.29, 0.717) is 5.82 Å². The van der Waals surface area contributed by atoms with Crippen LogP contribution in [0.2, 0.25) is 0 Å².